The second kappa shape index (κ2) is 5.97. The molecule has 0 bridgehead atoms. The zero-order chi connectivity index (χ0) is 15.9. The summed E-state index contributed by atoms with van der Waals surface area (Å²) >= 11 is 1.56. The summed E-state index contributed by atoms with van der Waals surface area (Å²) in [5, 5.41) is 6.65. The second-order valence-electron chi connectivity index (χ2n) is 6.28. The molecule has 0 radical (unpaired) electrons. The van der Waals surface area contributed by atoms with Gasteiger partial charge in [-0.2, -0.15) is 5.10 Å². The molecule has 0 aromatic carbocycles. The standard InChI is InChI=1S/C17H23N3OS/c1-11-16(12(2)19(4)18-11)9-20(15-5-6-15)8-14-7-17(13(3)21)22-10-14/h7,10,15H,5-6,8-9H2,1-4H3. The van der Waals surface area contributed by atoms with Crippen molar-refractivity contribution < 1.29 is 4.79 Å². The van der Waals surface area contributed by atoms with Gasteiger partial charge in [0.2, 0.25) is 0 Å². The van der Waals surface area contributed by atoms with E-state index in [1.807, 2.05) is 17.8 Å². The van der Waals surface area contributed by atoms with Crippen LogP contribution in [0.1, 0.15) is 52.0 Å². The molecule has 1 fully saturated rings. The van der Waals surface area contributed by atoms with Gasteiger partial charge in [0.25, 0.3) is 0 Å². The van der Waals surface area contributed by atoms with Gasteiger partial charge in [-0.15, -0.1) is 11.3 Å². The molecule has 1 aliphatic carbocycles. The van der Waals surface area contributed by atoms with Crippen molar-refractivity contribution in [2.45, 2.75) is 52.7 Å². The van der Waals surface area contributed by atoms with Gasteiger partial charge in [0.15, 0.2) is 5.78 Å². The Kier molecular flexibility index (Phi) is 4.19. The molecule has 0 spiro atoms. The van der Waals surface area contributed by atoms with Crippen LogP contribution < -0.4 is 0 Å². The van der Waals surface area contributed by atoms with E-state index >= 15 is 0 Å². The number of Topliss-reactive ketones (excluding diaryl/α,β-unsaturated/α-hetero) is 1. The molecule has 0 aliphatic heterocycles. The molecule has 118 valence electrons. The van der Waals surface area contributed by atoms with Crippen LogP contribution in [0.5, 0.6) is 0 Å². The van der Waals surface area contributed by atoms with Crippen molar-refractivity contribution in [3.8, 4) is 0 Å². The first-order valence-electron chi connectivity index (χ1n) is 7.77. The molecule has 3 rings (SSSR count). The lowest BCUT2D eigenvalue weighted by Crippen LogP contribution is -2.25. The predicted octanol–water partition coefficient (Wildman–Crippen LogP) is 3.47. The van der Waals surface area contributed by atoms with Gasteiger partial charge < -0.3 is 0 Å². The van der Waals surface area contributed by atoms with Crippen LogP contribution in [0.2, 0.25) is 0 Å². The van der Waals surface area contributed by atoms with Crippen molar-refractivity contribution in [2.75, 3.05) is 0 Å². The van der Waals surface area contributed by atoms with E-state index in [2.05, 4.69) is 29.2 Å². The first-order chi connectivity index (χ1) is 10.5. The Labute approximate surface area is 135 Å². The molecule has 0 N–H and O–H groups in total. The van der Waals surface area contributed by atoms with Crippen LogP contribution in [0.25, 0.3) is 0 Å². The van der Waals surface area contributed by atoms with Gasteiger partial charge in [-0.05, 0) is 50.6 Å². The largest absolute Gasteiger partial charge is 0.294 e. The summed E-state index contributed by atoms with van der Waals surface area (Å²) in [7, 11) is 2.01. The van der Waals surface area contributed by atoms with Gasteiger partial charge in [-0.25, -0.2) is 0 Å². The molecule has 0 amide bonds. The van der Waals surface area contributed by atoms with E-state index in [1.54, 1.807) is 18.3 Å². The highest BCUT2D eigenvalue weighted by atomic mass is 32.1. The number of carbonyl (C=O) groups excluding carboxylic acids is 1. The zero-order valence-corrected chi connectivity index (χ0v) is 14.5. The third-order valence-electron chi connectivity index (χ3n) is 4.47. The summed E-state index contributed by atoms with van der Waals surface area (Å²) in [5.74, 6) is 0.160. The number of aromatic nitrogens is 2. The van der Waals surface area contributed by atoms with Crippen molar-refractivity contribution in [2.24, 2.45) is 7.05 Å². The lowest BCUT2D eigenvalue weighted by Gasteiger charge is -2.21. The molecule has 5 heteroatoms. The molecule has 4 nitrogen and oxygen atoms in total. The van der Waals surface area contributed by atoms with E-state index in [-0.39, 0.29) is 5.78 Å². The first kappa shape index (κ1) is 15.4. The second-order valence-corrected chi connectivity index (χ2v) is 7.20. The van der Waals surface area contributed by atoms with Gasteiger partial charge >= 0.3 is 0 Å². The number of hydrogen-bond donors (Lipinski definition) is 0. The van der Waals surface area contributed by atoms with Crippen LogP contribution in [-0.4, -0.2) is 26.5 Å². The van der Waals surface area contributed by atoms with Gasteiger partial charge in [-0.1, -0.05) is 0 Å². The van der Waals surface area contributed by atoms with Crippen LogP contribution in [-0.2, 0) is 20.1 Å². The summed E-state index contributed by atoms with van der Waals surface area (Å²) in [6.45, 7) is 7.73. The van der Waals surface area contributed by atoms with Crippen molar-refractivity contribution >= 4 is 17.1 Å². The highest BCUT2D eigenvalue weighted by Crippen LogP contribution is 2.31. The Bertz CT molecular complexity index is 697. The molecule has 0 atom stereocenters. The van der Waals surface area contributed by atoms with Crippen molar-refractivity contribution in [1.82, 2.24) is 14.7 Å². The maximum absolute atomic E-state index is 11.5. The van der Waals surface area contributed by atoms with Crippen molar-refractivity contribution in [3.63, 3.8) is 0 Å². The SMILES string of the molecule is CC(=O)c1cc(CN(Cc2c(C)nn(C)c2C)C2CC2)cs1. The van der Waals surface area contributed by atoms with Gasteiger partial charge in [0.1, 0.15) is 0 Å². The van der Waals surface area contributed by atoms with Gasteiger partial charge in [0.05, 0.1) is 10.6 Å². The molecule has 2 heterocycles. The molecule has 0 unspecified atom stereocenters. The smallest absolute Gasteiger partial charge is 0.169 e. The van der Waals surface area contributed by atoms with Crippen LogP contribution in [0.15, 0.2) is 11.4 Å². The average Bonchev–Trinajstić information content (AvgIpc) is 3.15. The fourth-order valence-corrected chi connectivity index (χ4v) is 3.69. The highest BCUT2D eigenvalue weighted by molar-refractivity contribution is 7.12. The van der Waals surface area contributed by atoms with Crippen molar-refractivity contribution in [1.29, 1.82) is 0 Å². The summed E-state index contributed by atoms with van der Waals surface area (Å²) < 4.78 is 1.97. The zero-order valence-electron chi connectivity index (χ0n) is 13.7. The maximum atomic E-state index is 11.5. The van der Waals surface area contributed by atoms with E-state index in [9.17, 15) is 4.79 Å². The molecule has 2 aromatic rings. The first-order valence-corrected chi connectivity index (χ1v) is 8.65. The van der Waals surface area contributed by atoms with E-state index in [1.165, 1.54) is 29.7 Å². The average molecular weight is 317 g/mol. The topological polar surface area (TPSA) is 38.1 Å². The molecule has 22 heavy (non-hydrogen) atoms. The normalized spacial score (nSPS) is 14.8. The summed E-state index contributed by atoms with van der Waals surface area (Å²) in [5.41, 5.74) is 4.97. The van der Waals surface area contributed by atoms with Crippen LogP contribution in [0.4, 0.5) is 0 Å². The number of nitrogens with zero attached hydrogens (tertiary/aromatic N) is 3. The van der Waals surface area contributed by atoms with Gasteiger partial charge in [-0.3, -0.25) is 14.4 Å². The molecular weight excluding hydrogens is 294 g/mol. The monoisotopic (exact) mass is 317 g/mol. The Morgan fingerprint density at radius 1 is 1.41 bits per heavy atom. The third-order valence-corrected chi connectivity index (χ3v) is 5.55. The minimum Gasteiger partial charge on any atom is -0.294 e. The van der Waals surface area contributed by atoms with Crippen LogP contribution >= 0.6 is 11.3 Å². The maximum Gasteiger partial charge on any atom is 0.169 e. The molecular formula is C17H23N3OS. The van der Waals surface area contributed by atoms with E-state index in [4.69, 9.17) is 0 Å². The Balaban J connectivity index is 1.76. The number of ketones is 1. The quantitative estimate of drug-likeness (QED) is 0.766. The number of thiophene rings is 1. The predicted molar refractivity (Wildman–Crippen MR) is 89.3 cm³/mol. The van der Waals surface area contributed by atoms with Crippen LogP contribution in [0.3, 0.4) is 0 Å². The number of rotatable bonds is 6. The molecule has 1 saturated carbocycles. The minimum atomic E-state index is 0.160. The Morgan fingerprint density at radius 2 is 2.14 bits per heavy atom. The van der Waals surface area contributed by atoms with E-state index < -0.39 is 0 Å². The Morgan fingerprint density at radius 3 is 2.64 bits per heavy atom. The summed E-state index contributed by atoms with van der Waals surface area (Å²) in [4.78, 5) is 14.9. The fourth-order valence-electron chi connectivity index (χ4n) is 2.88. The third kappa shape index (κ3) is 3.15. The minimum absolute atomic E-state index is 0.160. The van der Waals surface area contributed by atoms with Crippen molar-refractivity contribution in [3.05, 3.63) is 38.8 Å². The lowest BCUT2D eigenvalue weighted by molar-refractivity contribution is 0.102. The Hall–Kier alpha value is -1.46. The molecule has 1 aliphatic rings. The molecule has 2 aromatic heterocycles. The van der Waals surface area contributed by atoms with E-state index in [0.717, 1.165) is 23.7 Å². The number of carbonyl (C=O) groups is 1. The lowest BCUT2D eigenvalue weighted by atomic mass is 10.1. The van der Waals surface area contributed by atoms with Gasteiger partial charge in [0, 0.05) is 37.4 Å². The van der Waals surface area contributed by atoms with E-state index in [0.29, 0.717) is 6.04 Å². The summed E-state index contributed by atoms with van der Waals surface area (Å²) in [6, 6.07) is 2.73. The number of aryl methyl sites for hydroxylation is 2. The number of hydrogen-bond acceptors (Lipinski definition) is 4. The molecule has 0 saturated heterocycles. The van der Waals surface area contributed by atoms with Crippen LogP contribution in [0, 0.1) is 13.8 Å². The fraction of sp³-hybridized carbons (Fsp3) is 0.529. The highest BCUT2D eigenvalue weighted by Gasteiger charge is 2.30. The summed E-state index contributed by atoms with van der Waals surface area (Å²) in [6.07, 6.45) is 2.56.